The number of rotatable bonds is 4. The summed E-state index contributed by atoms with van der Waals surface area (Å²) < 4.78 is 2.03. The van der Waals surface area contributed by atoms with Crippen LogP contribution in [0.4, 0.5) is 0 Å². The number of halogens is 1. The predicted molar refractivity (Wildman–Crippen MR) is 114 cm³/mol. The monoisotopic (exact) mass is 470 g/mol. The first-order chi connectivity index (χ1) is 11.5. The summed E-state index contributed by atoms with van der Waals surface area (Å²) in [4.78, 5) is 14.6. The minimum atomic E-state index is 0. The van der Waals surface area contributed by atoms with Crippen LogP contribution in [0.2, 0.25) is 0 Å². The van der Waals surface area contributed by atoms with Gasteiger partial charge in [0.05, 0.1) is 29.5 Å². The Morgan fingerprint density at radius 2 is 1.96 bits per heavy atom. The number of hydrogen-bond donors (Lipinski definition) is 2. The molecule has 0 amide bonds. The minimum Gasteiger partial charge on any atom is -0.351 e. The molecule has 0 aromatic carbocycles. The normalized spacial score (nSPS) is 11.4. The summed E-state index contributed by atoms with van der Waals surface area (Å²) in [7, 11) is 1.77. The molecule has 0 radical (unpaired) electrons. The standard InChI is InChI=1S/C17H22N6S.HI/c1-11-5-6-23-10-14(22-16(23)7-11)8-19-17(18-4)20-9-15-12(2)21-13(3)24-15;/h5-7,10H,8-9H2,1-4H3,(H2,18,19,20);1H. The molecule has 0 atom stereocenters. The fraction of sp³-hybridized carbons (Fsp3) is 0.353. The first-order valence-electron chi connectivity index (χ1n) is 7.87. The fourth-order valence-corrected chi connectivity index (χ4v) is 3.39. The van der Waals surface area contributed by atoms with Gasteiger partial charge in [-0.05, 0) is 38.5 Å². The largest absolute Gasteiger partial charge is 0.351 e. The third-order valence-electron chi connectivity index (χ3n) is 3.74. The molecule has 0 unspecified atom stereocenters. The van der Waals surface area contributed by atoms with Gasteiger partial charge < -0.3 is 15.0 Å². The van der Waals surface area contributed by atoms with Crippen molar-refractivity contribution < 1.29 is 0 Å². The summed E-state index contributed by atoms with van der Waals surface area (Å²) in [6.45, 7) is 7.48. The Hall–Kier alpha value is -1.68. The maximum Gasteiger partial charge on any atom is 0.191 e. The number of nitrogens with zero attached hydrogens (tertiary/aromatic N) is 4. The molecule has 6 nitrogen and oxygen atoms in total. The quantitative estimate of drug-likeness (QED) is 0.349. The van der Waals surface area contributed by atoms with Crippen molar-refractivity contribution in [2.75, 3.05) is 7.05 Å². The van der Waals surface area contributed by atoms with Crippen molar-refractivity contribution >= 4 is 46.9 Å². The van der Waals surface area contributed by atoms with Crippen molar-refractivity contribution in [2.24, 2.45) is 4.99 Å². The molecule has 25 heavy (non-hydrogen) atoms. The van der Waals surface area contributed by atoms with Crippen LogP contribution in [-0.2, 0) is 13.1 Å². The van der Waals surface area contributed by atoms with E-state index in [-0.39, 0.29) is 24.0 Å². The van der Waals surface area contributed by atoms with E-state index >= 15 is 0 Å². The van der Waals surface area contributed by atoms with Crippen LogP contribution in [0, 0.1) is 20.8 Å². The SMILES string of the molecule is CN=C(NCc1cn2ccc(C)cc2n1)NCc1sc(C)nc1C.I. The van der Waals surface area contributed by atoms with Crippen LogP contribution in [0.1, 0.15) is 26.8 Å². The second kappa shape index (κ2) is 8.61. The van der Waals surface area contributed by atoms with E-state index in [9.17, 15) is 0 Å². The smallest absolute Gasteiger partial charge is 0.191 e. The van der Waals surface area contributed by atoms with E-state index in [1.54, 1.807) is 18.4 Å². The van der Waals surface area contributed by atoms with E-state index in [1.165, 1.54) is 10.4 Å². The molecule has 3 rings (SSSR count). The Morgan fingerprint density at radius 3 is 2.64 bits per heavy atom. The summed E-state index contributed by atoms with van der Waals surface area (Å²) in [5.74, 6) is 0.758. The molecule has 0 aliphatic rings. The van der Waals surface area contributed by atoms with Crippen LogP contribution >= 0.6 is 35.3 Å². The molecular formula is C17H23IN6S. The number of imidazole rings is 1. The van der Waals surface area contributed by atoms with Crippen LogP contribution in [-0.4, -0.2) is 27.4 Å². The van der Waals surface area contributed by atoms with E-state index in [0.29, 0.717) is 6.54 Å². The molecule has 0 saturated heterocycles. The summed E-state index contributed by atoms with van der Waals surface area (Å²) in [6, 6.07) is 4.15. The lowest BCUT2D eigenvalue weighted by molar-refractivity contribution is 0.800. The summed E-state index contributed by atoms with van der Waals surface area (Å²) in [5.41, 5.74) is 4.23. The van der Waals surface area contributed by atoms with E-state index < -0.39 is 0 Å². The zero-order valence-corrected chi connectivity index (χ0v) is 18.0. The van der Waals surface area contributed by atoms with Gasteiger partial charge in [0, 0.05) is 24.3 Å². The van der Waals surface area contributed by atoms with E-state index in [2.05, 4.69) is 44.7 Å². The lowest BCUT2D eigenvalue weighted by atomic mass is 10.3. The highest BCUT2D eigenvalue weighted by Gasteiger charge is 2.07. The van der Waals surface area contributed by atoms with Crippen LogP contribution in [0.15, 0.2) is 29.5 Å². The Bertz CT molecular complexity index is 883. The van der Waals surface area contributed by atoms with Gasteiger partial charge in [-0.15, -0.1) is 35.3 Å². The van der Waals surface area contributed by atoms with Crippen molar-refractivity contribution in [1.82, 2.24) is 25.0 Å². The Balaban J connectivity index is 0.00000225. The highest BCUT2D eigenvalue weighted by molar-refractivity contribution is 14.0. The average molecular weight is 470 g/mol. The van der Waals surface area contributed by atoms with Crippen molar-refractivity contribution in [2.45, 2.75) is 33.9 Å². The van der Waals surface area contributed by atoms with Crippen molar-refractivity contribution in [3.05, 3.63) is 51.4 Å². The molecule has 3 aromatic rings. The number of fused-ring (bicyclic) bond motifs is 1. The van der Waals surface area contributed by atoms with Gasteiger partial charge in [-0.2, -0.15) is 0 Å². The van der Waals surface area contributed by atoms with E-state index in [0.717, 1.165) is 34.5 Å². The van der Waals surface area contributed by atoms with Gasteiger partial charge in [0.1, 0.15) is 5.65 Å². The van der Waals surface area contributed by atoms with E-state index in [1.807, 2.05) is 30.6 Å². The molecule has 0 saturated carbocycles. The molecule has 0 bridgehead atoms. The van der Waals surface area contributed by atoms with Crippen molar-refractivity contribution in [3.8, 4) is 0 Å². The van der Waals surface area contributed by atoms with Crippen molar-refractivity contribution in [3.63, 3.8) is 0 Å². The summed E-state index contributed by atoms with van der Waals surface area (Å²) >= 11 is 1.71. The third-order valence-corrected chi connectivity index (χ3v) is 4.81. The zero-order valence-electron chi connectivity index (χ0n) is 14.8. The van der Waals surface area contributed by atoms with Gasteiger partial charge in [-0.1, -0.05) is 0 Å². The zero-order chi connectivity index (χ0) is 17.1. The topological polar surface area (TPSA) is 66.6 Å². The number of hydrogen-bond acceptors (Lipinski definition) is 4. The molecule has 0 aliphatic carbocycles. The minimum absolute atomic E-state index is 0. The van der Waals surface area contributed by atoms with Crippen molar-refractivity contribution in [1.29, 1.82) is 0 Å². The highest BCUT2D eigenvalue weighted by atomic mass is 127. The number of aromatic nitrogens is 3. The second-order valence-electron chi connectivity index (χ2n) is 5.72. The Kier molecular flexibility index (Phi) is 6.77. The molecule has 3 heterocycles. The van der Waals surface area contributed by atoms with Crippen LogP contribution in [0.25, 0.3) is 5.65 Å². The molecule has 134 valence electrons. The number of pyridine rings is 1. The summed E-state index contributed by atoms with van der Waals surface area (Å²) in [5, 5.41) is 7.72. The van der Waals surface area contributed by atoms with Gasteiger partial charge in [0.25, 0.3) is 0 Å². The number of aliphatic imine (C=N–C) groups is 1. The molecule has 0 spiro atoms. The Labute approximate surface area is 168 Å². The van der Waals surface area contributed by atoms with Gasteiger partial charge >= 0.3 is 0 Å². The molecular weight excluding hydrogens is 447 g/mol. The number of aryl methyl sites for hydroxylation is 3. The molecule has 0 aliphatic heterocycles. The van der Waals surface area contributed by atoms with Crippen LogP contribution in [0.5, 0.6) is 0 Å². The maximum absolute atomic E-state index is 4.63. The lowest BCUT2D eigenvalue weighted by Crippen LogP contribution is -2.36. The summed E-state index contributed by atoms with van der Waals surface area (Å²) in [6.07, 6.45) is 4.06. The van der Waals surface area contributed by atoms with E-state index in [4.69, 9.17) is 0 Å². The number of nitrogens with one attached hydrogen (secondary N) is 2. The third kappa shape index (κ3) is 4.91. The molecule has 0 fully saturated rings. The maximum atomic E-state index is 4.63. The van der Waals surface area contributed by atoms with Gasteiger partial charge in [-0.25, -0.2) is 9.97 Å². The van der Waals surface area contributed by atoms with Gasteiger partial charge in [-0.3, -0.25) is 4.99 Å². The van der Waals surface area contributed by atoms with Crippen LogP contribution in [0.3, 0.4) is 0 Å². The first kappa shape index (κ1) is 19.6. The Morgan fingerprint density at radius 1 is 1.20 bits per heavy atom. The average Bonchev–Trinajstić information content (AvgIpc) is 3.09. The molecule has 8 heteroatoms. The van der Waals surface area contributed by atoms with Crippen LogP contribution < -0.4 is 10.6 Å². The number of thiazole rings is 1. The fourth-order valence-electron chi connectivity index (χ4n) is 2.52. The highest BCUT2D eigenvalue weighted by Crippen LogP contribution is 2.16. The molecule has 3 aromatic heterocycles. The first-order valence-corrected chi connectivity index (χ1v) is 8.68. The number of guanidine groups is 1. The lowest BCUT2D eigenvalue weighted by Gasteiger charge is -2.10. The predicted octanol–water partition coefficient (Wildman–Crippen LogP) is 3.20. The second-order valence-corrected chi connectivity index (χ2v) is 7.01. The molecule has 2 N–H and O–H groups in total. The van der Waals surface area contributed by atoms with Gasteiger partial charge in [0.2, 0.25) is 0 Å². The van der Waals surface area contributed by atoms with Gasteiger partial charge in [0.15, 0.2) is 5.96 Å².